The number of hydroxylamine groups is 1. The number of benzene rings is 3. The number of nitrogens with one attached hydrogen (secondary N) is 2. The summed E-state index contributed by atoms with van der Waals surface area (Å²) in [5, 5.41) is 21.9. The van der Waals surface area contributed by atoms with Gasteiger partial charge in [-0.25, -0.2) is 10.3 Å². The number of carboxylic acids is 1. The zero-order valence-electron chi connectivity index (χ0n) is 22.4. The van der Waals surface area contributed by atoms with Gasteiger partial charge in [0.25, 0.3) is 5.91 Å². The van der Waals surface area contributed by atoms with Crippen molar-refractivity contribution in [3.05, 3.63) is 96.1 Å². The number of amides is 3. The standard InChI is InChI=1S/C31H37N3O5/c1-22(2)20-34(21-27(30(36)37)18-13-23-9-5-3-6-10-23)31(38)32-28(29(35)33-39)19-24-14-16-26(17-15-24)25-11-7-4-8-12-25/h3-12,14-17,22,27-28,39H,13,18-21H2,1-2H3,(H,32,38)(H,33,35)(H,36,37)/t27?,28-/m0/s1. The molecule has 206 valence electrons. The number of carboxylic acid groups (broad SMARTS) is 1. The van der Waals surface area contributed by atoms with Gasteiger partial charge in [-0.1, -0.05) is 98.8 Å². The Bertz CT molecular complexity index is 1200. The summed E-state index contributed by atoms with van der Waals surface area (Å²) in [6.45, 7) is 4.20. The number of aliphatic carboxylic acids is 1. The van der Waals surface area contributed by atoms with Gasteiger partial charge < -0.3 is 15.3 Å². The molecule has 0 radical (unpaired) electrons. The van der Waals surface area contributed by atoms with Gasteiger partial charge in [0.1, 0.15) is 6.04 Å². The third kappa shape index (κ3) is 9.26. The van der Waals surface area contributed by atoms with Crippen molar-refractivity contribution in [3.8, 4) is 11.1 Å². The highest BCUT2D eigenvalue weighted by Crippen LogP contribution is 2.20. The van der Waals surface area contributed by atoms with Crippen LogP contribution in [0.25, 0.3) is 11.1 Å². The maximum absolute atomic E-state index is 13.3. The van der Waals surface area contributed by atoms with E-state index in [4.69, 9.17) is 0 Å². The smallest absolute Gasteiger partial charge is 0.318 e. The average Bonchev–Trinajstić information content (AvgIpc) is 2.94. The van der Waals surface area contributed by atoms with Crippen molar-refractivity contribution >= 4 is 17.9 Å². The Kier molecular flexibility index (Phi) is 11.1. The molecule has 2 atom stereocenters. The van der Waals surface area contributed by atoms with Gasteiger partial charge in [-0.15, -0.1) is 0 Å². The van der Waals surface area contributed by atoms with Gasteiger partial charge in [-0.3, -0.25) is 14.8 Å². The quantitative estimate of drug-likeness (QED) is 0.187. The van der Waals surface area contributed by atoms with E-state index in [9.17, 15) is 24.7 Å². The molecule has 0 aliphatic heterocycles. The molecular weight excluding hydrogens is 494 g/mol. The molecule has 4 N–H and O–H groups in total. The van der Waals surface area contributed by atoms with Gasteiger partial charge in [0, 0.05) is 19.5 Å². The van der Waals surface area contributed by atoms with Gasteiger partial charge in [-0.2, -0.15) is 0 Å². The normalized spacial score (nSPS) is 12.4. The van der Waals surface area contributed by atoms with E-state index >= 15 is 0 Å². The van der Waals surface area contributed by atoms with Crippen LogP contribution >= 0.6 is 0 Å². The Morgan fingerprint density at radius 3 is 1.95 bits per heavy atom. The Balaban J connectivity index is 1.70. The van der Waals surface area contributed by atoms with E-state index in [1.807, 2.05) is 98.8 Å². The number of rotatable bonds is 13. The highest BCUT2D eigenvalue weighted by molar-refractivity contribution is 5.87. The van der Waals surface area contributed by atoms with Crippen molar-refractivity contribution in [1.29, 1.82) is 0 Å². The second kappa shape index (κ2) is 14.7. The number of carbonyl (C=O) groups is 3. The lowest BCUT2D eigenvalue weighted by atomic mass is 9.98. The van der Waals surface area contributed by atoms with E-state index in [0.29, 0.717) is 19.4 Å². The lowest BCUT2D eigenvalue weighted by Crippen LogP contribution is -2.53. The van der Waals surface area contributed by atoms with Crippen LogP contribution in [0.2, 0.25) is 0 Å². The first-order chi connectivity index (χ1) is 18.8. The SMILES string of the molecule is CC(C)CN(CC(CCc1ccccc1)C(=O)O)C(=O)N[C@@H](Cc1ccc(-c2ccccc2)cc1)C(=O)NO. The van der Waals surface area contributed by atoms with Crippen LogP contribution in [0.3, 0.4) is 0 Å². The molecule has 39 heavy (non-hydrogen) atoms. The van der Waals surface area contributed by atoms with Crippen LogP contribution in [0.1, 0.15) is 31.4 Å². The second-order valence-corrected chi connectivity index (χ2v) is 10.1. The molecule has 0 spiro atoms. The predicted octanol–water partition coefficient (Wildman–Crippen LogP) is 4.77. The summed E-state index contributed by atoms with van der Waals surface area (Å²) in [6, 6.07) is 25.5. The summed E-state index contributed by atoms with van der Waals surface area (Å²) < 4.78 is 0. The molecular formula is C31H37N3O5. The molecule has 0 aliphatic carbocycles. The van der Waals surface area contributed by atoms with Crippen molar-refractivity contribution in [1.82, 2.24) is 15.7 Å². The molecule has 8 nitrogen and oxygen atoms in total. The first kappa shape index (κ1) is 29.4. The van der Waals surface area contributed by atoms with Gasteiger partial charge in [0.2, 0.25) is 0 Å². The van der Waals surface area contributed by atoms with Crippen LogP contribution < -0.4 is 10.8 Å². The van der Waals surface area contributed by atoms with Gasteiger partial charge in [-0.05, 0) is 41.0 Å². The predicted molar refractivity (Wildman–Crippen MR) is 150 cm³/mol. The van der Waals surface area contributed by atoms with Crippen LogP contribution in [0.15, 0.2) is 84.9 Å². The van der Waals surface area contributed by atoms with Crippen LogP contribution in [0.4, 0.5) is 4.79 Å². The van der Waals surface area contributed by atoms with Crippen molar-refractivity contribution in [2.75, 3.05) is 13.1 Å². The molecule has 3 rings (SSSR count). The molecule has 8 heteroatoms. The van der Waals surface area contributed by atoms with Crippen LogP contribution in [-0.2, 0) is 22.4 Å². The minimum atomic E-state index is -1.05. The highest BCUT2D eigenvalue weighted by Gasteiger charge is 2.28. The monoisotopic (exact) mass is 531 g/mol. The van der Waals surface area contributed by atoms with E-state index in [-0.39, 0.29) is 18.9 Å². The number of aryl methyl sites for hydroxylation is 1. The zero-order chi connectivity index (χ0) is 28.2. The lowest BCUT2D eigenvalue weighted by molar-refractivity contribution is -0.142. The Morgan fingerprint density at radius 1 is 0.795 bits per heavy atom. The number of carbonyl (C=O) groups excluding carboxylic acids is 2. The largest absolute Gasteiger partial charge is 0.481 e. The minimum absolute atomic E-state index is 0.00537. The van der Waals surface area contributed by atoms with Crippen LogP contribution in [0.5, 0.6) is 0 Å². The van der Waals surface area contributed by atoms with Crippen molar-refractivity contribution in [2.24, 2.45) is 11.8 Å². The molecule has 0 bridgehead atoms. The molecule has 0 saturated carbocycles. The van der Waals surface area contributed by atoms with Crippen LogP contribution in [-0.4, -0.2) is 52.3 Å². The number of nitrogens with zero attached hydrogens (tertiary/aromatic N) is 1. The zero-order valence-corrected chi connectivity index (χ0v) is 22.4. The maximum atomic E-state index is 13.3. The minimum Gasteiger partial charge on any atom is -0.481 e. The van der Waals surface area contributed by atoms with E-state index in [1.165, 1.54) is 4.90 Å². The van der Waals surface area contributed by atoms with Crippen LogP contribution in [0, 0.1) is 11.8 Å². The summed E-state index contributed by atoms with van der Waals surface area (Å²) >= 11 is 0. The molecule has 0 saturated heterocycles. The van der Waals surface area contributed by atoms with E-state index in [1.54, 1.807) is 5.48 Å². The Labute approximate surface area is 229 Å². The van der Waals surface area contributed by atoms with Gasteiger partial charge in [0.15, 0.2) is 0 Å². The third-order valence-electron chi connectivity index (χ3n) is 6.51. The fourth-order valence-electron chi connectivity index (χ4n) is 4.45. The Morgan fingerprint density at radius 2 is 1.38 bits per heavy atom. The first-order valence-electron chi connectivity index (χ1n) is 13.2. The molecule has 3 aromatic carbocycles. The van der Waals surface area contributed by atoms with Crippen molar-refractivity contribution < 1.29 is 24.7 Å². The molecule has 0 aromatic heterocycles. The fourth-order valence-corrected chi connectivity index (χ4v) is 4.45. The summed E-state index contributed by atoms with van der Waals surface area (Å²) in [5.74, 6) is -2.42. The summed E-state index contributed by atoms with van der Waals surface area (Å²) in [5.41, 5.74) is 5.54. The molecule has 0 heterocycles. The Hall–Kier alpha value is -4.17. The van der Waals surface area contributed by atoms with Crippen molar-refractivity contribution in [2.45, 2.75) is 39.2 Å². The van der Waals surface area contributed by atoms with Gasteiger partial charge >= 0.3 is 12.0 Å². The molecule has 1 unspecified atom stereocenters. The van der Waals surface area contributed by atoms with E-state index < -0.39 is 29.9 Å². The molecule has 3 aromatic rings. The average molecular weight is 532 g/mol. The summed E-state index contributed by atoms with van der Waals surface area (Å²) in [6.07, 6.45) is 1.10. The number of urea groups is 1. The fraction of sp³-hybridized carbons (Fsp3) is 0.323. The first-order valence-corrected chi connectivity index (χ1v) is 13.2. The second-order valence-electron chi connectivity index (χ2n) is 10.1. The highest BCUT2D eigenvalue weighted by atomic mass is 16.5. The van der Waals surface area contributed by atoms with Crippen molar-refractivity contribution in [3.63, 3.8) is 0 Å². The summed E-state index contributed by atoms with van der Waals surface area (Å²) in [7, 11) is 0. The van der Waals surface area contributed by atoms with E-state index in [2.05, 4.69) is 5.32 Å². The number of hydrogen-bond donors (Lipinski definition) is 4. The van der Waals surface area contributed by atoms with E-state index in [0.717, 1.165) is 22.3 Å². The maximum Gasteiger partial charge on any atom is 0.318 e. The molecule has 0 aliphatic rings. The summed E-state index contributed by atoms with van der Waals surface area (Å²) in [4.78, 5) is 39.3. The topological polar surface area (TPSA) is 119 Å². The lowest BCUT2D eigenvalue weighted by Gasteiger charge is -2.29. The molecule has 0 fully saturated rings. The van der Waals surface area contributed by atoms with Gasteiger partial charge in [0.05, 0.1) is 5.92 Å². The third-order valence-corrected chi connectivity index (χ3v) is 6.51. The number of hydrogen-bond acceptors (Lipinski definition) is 4. The molecule has 3 amide bonds.